The maximum Gasteiger partial charge on any atom is 0.317 e. The molecule has 1 saturated heterocycles. The van der Waals surface area contributed by atoms with Crippen molar-refractivity contribution in [3.63, 3.8) is 0 Å². The number of benzene rings is 2. The average molecular weight is 335 g/mol. The minimum atomic E-state index is -0.720. The minimum absolute atomic E-state index is 0.159. The van der Waals surface area contributed by atoms with Gasteiger partial charge in [0.1, 0.15) is 0 Å². The Morgan fingerprint density at radius 3 is 2.20 bits per heavy atom. The average Bonchev–Trinajstić information content (AvgIpc) is 2.78. The number of likely N-dealkylation sites (tertiary alicyclic amines) is 1. The molecule has 3 nitrogen and oxygen atoms in total. The molecule has 3 heteroatoms. The van der Waals surface area contributed by atoms with E-state index in [1.165, 1.54) is 28.7 Å². The Morgan fingerprint density at radius 1 is 1.00 bits per heavy atom. The summed E-state index contributed by atoms with van der Waals surface area (Å²) in [5, 5.41) is 9.18. The Bertz CT molecular complexity index is 723. The molecule has 1 atom stereocenters. The van der Waals surface area contributed by atoms with Crippen LogP contribution in [0.25, 0.3) is 0 Å². The van der Waals surface area contributed by atoms with Crippen LogP contribution in [0.2, 0.25) is 0 Å². The molecule has 1 aliphatic carbocycles. The SMILES string of the molecule is O=C(O)CN1CCCC(C2c3ccccc3CCc3ccccc32)C1. The van der Waals surface area contributed by atoms with Gasteiger partial charge in [-0.05, 0) is 60.4 Å². The molecule has 0 saturated carbocycles. The zero-order chi connectivity index (χ0) is 17.2. The Kier molecular flexibility index (Phi) is 4.58. The summed E-state index contributed by atoms with van der Waals surface area (Å²) >= 11 is 0. The van der Waals surface area contributed by atoms with E-state index < -0.39 is 5.97 Å². The van der Waals surface area contributed by atoms with Crippen LogP contribution in [-0.4, -0.2) is 35.6 Å². The molecule has 1 N–H and O–H groups in total. The van der Waals surface area contributed by atoms with Crippen molar-refractivity contribution >= 4 is 5.97 Å². The molecule has 2 aromatic rings. The van der Waals surface area contributed by atoms with E-state index in [2.05, 4.69) is 53.4 Å². The van der Waals surface area contributed by atoms with Crippen LogP contribution in [0.15, 0.2) is 48.5 Å². The predicted molar refractivity (Wildman–Crippen MR) is 98.9 cm³/mol. The summed E-state index contributed by atoms with van der Waals surface area (Å²) in [6.07, 6.45) is 4.44. The first-order chi connectivity index (χ1) is 12.2. The number of aliphatic carboxylic acids is 1. The van der Waals surface area contributed by atoms with Gasteiger partial charge in [-0.3, -0.25) is 9.69 Å². The van der Waals surface area contributed by atoms with Crippen molar-refractivity contribution in [2.45, 2.75) is 31.6 Å². The van der Waals surface area contributed by atoms with Gasteiger partial charge >= 0.3 is 5.97 Å². The molecule has 0 aromatic heterocycles. The lowest BCUT2D eigenvalue weighted by molar-refractivity contribution is -0.138. The van der Waals surface area contributed by atoms with Gasteiger partial charge < -0.3 is 5.11 Å². The van der Waals surface area contributed by atoms with Crippen molar-refractivity contribution in [3.05, 3.63) is 70.8 Å². The highest BCUT2D eigenvalue weighted by atomic mass is 16.4. The van der Waals surface area contributed by atoms with Crippen LogP contribution in [0.1, 0.15) is 41.0 Å². The van der Waals surface area contributed by atoms with Gasteiger partial charge in [0.2, 0.25) is 0 Å². The van der Waals surface area contributed by atoms with Gasteiger partial charge in [0.05, 0.1) is 6.54 Å². The van der Waals surface area contributed by atoms with E-state index in [4.69, 9.17) is 0 Å². The normalized spacial score (nSPS) is 21.2. The second kappa shape index (κ2) is 7.01. The predicted octanol–water partition coefficient (Wildman–Crippen LogP) is 3.71. The molecule has 4 rings (SSSR count). The topological polar surface area (TPSA) is 40.5 Å². The highest BCUT2D eigenvalue weighted by Crippen LogP contribution is 2.42. The summed E-state index contributed by atoms with van der Waals surface area (Å²) < 4.78 is 0. The number of hydrogen-bond acceptors (Lipinski definition) is 2. The van der Waals surface area contributed by atoms with Gasteiger partial charge in [-0.1, -0.05) is 48.5 Å². The van der Waals surface area contributed by atoms with Crippen molar-refractivity contribution in [2.24, 2.45) is 5.92 Å². The third kappa shape index (κ3) is 3.34. The van der Waals surface area contributed by atoms with Gasteiger partial charge in [-0.15, -0.1) is 0 Å². The number of piperidine rings is 1. The van der Waals surface area contributed by atoms with Crippen molar-refractivity contribution in [3.8, 4) is 0 Å². The maximum absolute atomic E-state index is 11.2. The molecule has 2 aromatic carbocycles. The lowest BCUT2D eigenvalue weighted by atomic mass is 9.75. The third-order valence-electron chi connectivity index (χ3n) is 5.82. The summed E-state index contributed by atoms with van der Waals surface area (Å²) in [7, 11) is 0. The van der Waals surface area contributed by atoms with Crippen LogP contribution in [0.5, 0.6) is 0 Å². The fourth-order valence-electron chi connectivity index (χ4n) is 4.77. The maximum atomic E-state index is 11.2. The van der Waals surface area contributed by atoms with Crippen LogP contribution < -0.4 is 0 Å². The quantitative estimate of drug-likeness (QED) is 0.929. The molecule has 2 aliphatic rings. The molecular weight excluding hydrogens is 310 g/mol. The zero-order valence-electron chi connectivity index (χ0n) is 14.5. The van der Waals surface area contributed by atoms with Crippen molar-refractivity contribution in [1.82, 2.24) is 4.90 Å². The van der Waals surface area contributed by atoms with Crippen LogP contribution in [0, 0.1) is 5.92 Å². The highest BCUT2D eigenvalue weighted by molar-refractivity contribution is 5.69. The number of rotatable bonds is 3. The molecular formula is C22H25NO2. The van der Waals surface area contributed by atoms with Crippen LogP contribution in [0.4, 0.5) is 0 Å². The fourth-order valence-corrected chi connectivity index (χ4v) is 4.77. The number of aryl methyl sites for hydroxylation is 2. The van der Waals surface area contributed by atoms with E-state index in [1.54, 1.807) is 0 Å². The van der Waals surface area contributed by atoms with Crippen LogP contribution in [-0.2, 0) is 17.6 Å². The van der Waals surface area contributed by atoms with Gasteiger partial charge in [-0.2, -0.15) is 0 Å². The fraction of sp³-hybridized carbons (Fsp3) is 0.409. The van der Waals surface area contributed by atoms with E-state index in [9.17, 15) is 9.90 Å². The third-order valence-corrected chi connectivity index (χ3v) is 5.82. The van der Waals surface area contributed by atoms with E-state index in [0.29, 0.717) is 11.8 Å². The van der Waals surface area contributed by atoms with Gasteiger partial charge in [0.25, 0.3) is 0 Å². The molecule has 130 valence electrons. The smallest absolute Gasteiger partial charge is 0.317 e. The van der Waals surface area contributed by atoms with Crippen molar-refractivity contribution in [1.29, 1.82) is 0 Å². The first-order valence-corrected chi connectivity index (χ1v) is 9.32. The number of fused-ring (bicyclic) bond motifs is 2. The first kappa shape index (κ1) is 16.3. The number of nitrogens with zero attached hydrogens (tertiary/aromatic N) is 1. The second-order valence-electron chi connectivity index (χ2n) is 7.41. The summed E-state index contributed by atoms with van der Waals surface area (Å²) in [4.78, 5) is 13.3. The second-order valence-corrected chi connectivity index (χ2v) is 7.41. The minimum Gasteiger partial charge on any atom is -0.480 e. The molecule has 1 aliphatic heterocycles. The lowest BCUT2D eigenvalue weighted by Crippen LogP contribution is -2.40. The van der Waals surface area contributed by atoms with Crippen molar-refractivity contribution < 1.29 is 9.90 Å². The summed E-state index contributed by atoms with van der Waals surface area (Å²) in [5.41, 5.74) is 5.82. The molecule has 0 radical (unpaired) electrons. The van der Waals surface area contributed by atoms with Crippen LogP contribution >= 0.6 is 0 Å². The summed E-state index contributed by atoms with van der Waals surface area (Å²) in [6, 6.07) is 17.7. The summed E-state index contributed by atoms with van der Waals surface area (Å²) in [6.45, 7) is 1.94. The lowest BCUT2D eigenvalue weighted by Gasteiger charge is -2.37. The van der Waals surface area contributed by atoms with Gasteiger partial charge in [0, 0.05) is 12.5 Å². The number of carbonyl (C=O) groups is 1. The molecule has 0 spiro atoms. The standard InChI is InChI=1S/C22H25NO2/c24-21(25)15-23-13-5-8-18(14-23)22-19-9-3-1-6-16(19)11-12-17-7-2-4-10-20(17)22/h1-4,6-7,9-10,18,22H,5,8,11-15H2,(H,24,25). The Balaban J connectivity index is 1.73. The molecule has 1 unspecified atom stereocenters. The van der Waals surface area contributed by atoms with Gasteiger partial charge in [0.15, 0.2) is 0 Å². The van der Waals surface area contributed by atoms with E-state index in [1.807, 2.05) is 0 Å². The Morgan fingerprint density at radius 2 is 1.60 bits per heavy atom. The van der Waals surface area contributed by atoms with Crippen LogP contribution in [0.3, 0.4) is 0 Å². The summed E-state index contributed by atoms with van der Waals surface area (Å²) in [5.74, 6) is 0.141. The number of carboxylic acid groups (broad SMARTS) is 1. The number of carboxylic acids is 1. The molecule has 25 heavy (non-hydrogen) atoms. The van der Waals surface area contributed by atoms with E-state index >= 15 is 0 Å². The Labute approximate surface area is 149 Å². The molecule has 0 amide bonds. The highest BCUT2D eigenvalue weighted by Gasteiger charge is 2.33. The first-order valence-electron chi connectivity index (χ1n) is 9.32. The largest absolute Gasteiger partial charge is 0.480 e. The van der Waals surface area contributed by atoms with E-state index in [-0.39, 0.29) is 6.54 Å². The monoisotopic (exact) mass is 335 g/mol. The van der Waals surface area contributed by atoms with Crippen molar-refractivity contribution in [2.75, 3.05) is 19.6 Å². The van der Waals surface area contributed by atoms with Gasteiger partial charge in [-0.25, -0.2) is 0 Å². The van der Waals surface area contributed by atoms with E-state index in [0.717, 1.165) is 32.4 Å². The Hall–Kier alpha value is -2.13. The molecule has 0 bridgehead atoms. The molecule has 1 fully saturated rings. The number of hydrogen-bond donors (Lipinski definition) is 1. The zero-order valence-corrected chi connectivity index (χ0v) is 14.5. The molecule has 1 heterocycles.